The number of esters is 1. The van der Waals surface area contributed by atoms with E-state index in [0.29, 0.717) is 25.7 Å². The molecule has 0 radical (unpaired) electrons. The summed E-state index contributed by atoms with van der Waals surface area (Å²) in [5.74, 6) is -0.406. The summed E-state index contributed by atoms with van der Waals surface area (Å²) in [6, 6.07) is 0. The average Bonchev–Trinajstić information content (AvgIpc) is 3.01. The predicted octanol–water partition coefficient (Wildman–Crippen LogP) is 4.49. The topological polar surface area (TPSA) is 80.7 Å². The summed E-state index contributed by atoms with van der Waals surface area (Å²) in [6.07, 6.45) is 17.6. The van der Waals surface area contributed by atoms with Gasteiger partial charge in [-0.05, 0) is 45.1 Å². The van der Waals surface area contributed by atoms with E-state index in [1.807, 2.05) is 37.3 Å². The van der Waals surface area contributed by atoms with E-state index < -0.39 is 11.6 Å². The number of rotatable bonds is 14. The Balaban J connectivity index is 2.35. The number of carbonyl (C=O) groups is 3. The lowest BCUT2D eigenvalue weighted by Gasteiger charge is -2.21. The smallest absolute Gasteiger partial charge is 0.303 e. The van der Waals surface area contributed by atoms with Gasteiger partial charge in [0.2, 0.25) is 0 Å². The van der Waals surface area contributed by atoms with Crippen molar-refractivity contribution in [3.05, 3.63) is 36.5 Å². The molecule has 0 aliphatic heterocycles. The van der Waals surface area contributed by atoms with Crippen molar-refractivity contribution in [3.63, 3.8) is 0 Å². The Morgan fingerprint density at radius 2 is 2.00 bits per heavy atom. The maximum absolute atomic E-state index is 12.1. The van der Waals surface area contributed by atoms with Gasteiger partial charge in [0.1, 0.15) is 6.61 Å². The van der Waals surface area contributed by atoms with Gasteiger partial charge in [0, 0.05) is 25.2 Å². The van der Waals surface area contributed by atoms with Crippen molar-refractivity contribution in [2.75, 3.05) is 6.61 Å². The van der Waals surface area contributed by atoms with Crippen LogP contribution >= 0.6 is 0 Å². The molecule has 1 aliphatic carbocycles. The van der Waals surface area contributed by atoms with E-state index in [2.05, 4.69) is 11.7 Å². The minimum Gasteiger partial charge on any atom is -0.458 e. The lowest BCUT2D eigenvalue weighted by Crippen LogP contribution is -2.22. The highest BCUT2D eigenvalue weighted by molar-refractivity contribution is 5.95. The Kier molecular flexibility index (Phi) is 11.4. The van der Waals surface area contributed by atoms with Crippen LogP contribution in [0.2, 0.25) is 0 Å². The number of hydrogen-bond acceptors (Lipinski definition) is 5. The summed E-state index contributed by atoms with van der Waals surface area (Å²) in [7, 11) is 0. The Labute approximate surface area is 174 Å². The van der Waals surface area contributed by atoms with Crippen molar-refractivity contribution >= 4 is 17.5 Å². The highest BCUT2D eigenvalue weighted by atomic mass is 16.5. The number of hydrogen-bond donors (Lipinski definition) is 1. The molecule has 0 saturated heterocycles. The Hall–Kier alpha value is -2.01. The monoisotopic (exact) mass is 404 g/mol. The van der Waals surface area contributed by atoms with Crippen molar-refractivity contribution < 1.29 is 24.2 Å². The van der Waals surface area contributed by atoms with Gasteiger partial charge in [-0.15, -0.1) is 0 Å². The van der Waals surface area contributed by atoms with Crippen LogP contribution in [-0.2, 0) is 19.1 Å². The van der Waals surface area contributed by atoms with E-state index in [0.717, 1.165) is 25.7 Å². The molecule has 0 heterocycles. The molecule has 5 heteroatoms. The van der Waals surface area contributed by atoms with Crippen molar-refractivity contribution in [1.82, 2.24) is 0 Å². The molecule has 0 aromatic heterocycles. The average molecular weight is 405 g/mol. The van der Waals surface area contributed by atoms with Crippen LogP contribution in [0.3, 0.4) is 0 Å². The second-order valence-corrected chi connectivity index (χ2v) is 8.10. The Morgan fingerprint density at radius 3 is 2.69 bits per heavy atom. The molecule has 0 aromatic carbocycles. The van der Waals surface area contributed by atoms with Crippen LogP contribution in [0, 0.1) is 11.8 Å². The zero-order chi connectivity index (χ0) is 21.7. The van der Waals surface area contributed by atoms with Gasteiger partial charge >= 0.3 is 5.97 Å². The first-order valence-electron chi connectivity index (χ1n) is 10.7. The van der Waals surface area contributed by atoms with Crippen LogP contribution in [-0.4, -0.2) is 34.9 Å². The first-order chi connectivity index (χ1) is 13.7. The van der Waals surface area contributed by atoms with E-state index in [1.165, 1.54) is 6.92 Å². The number of carbonyl (C=O) groups excluding carboxylic acids is 3. The maximum Gasteiger partial charge on any atom is 0.303 e. The number of Topliss-reactive ketones (excluding diaryl/α,β-unsaturated/α-hetero) is 1. The van der Waals surface area contributed by atoms with Crippen LogP contribution in [0.25, 0.3) is 0 Å². The fourth-order valence-electron chi connectivity index (χ4n) is 3.30. The van der Waals surface area contributed by atoms with Crippen LogP contribution in [0.15, 0.2) is 36.5 Å². The molecule has 162 valence electrons. The van der Waals surface area contributed by atoms with Gasteiger partial charge in [0.05, 0.1) is 5.60 Å². The van der Waals surface area contributed by atoms with E-state index in [-0.39, 0.29) is 30.0 Å². The molecular formula is C24H36O5. The van der Waals surface area contributed by atoms with Crippen molar-refractivity contribution in [1.29, 1.82) is 0 Å². The van der Waals surface area contributed by atoms with Gasteiger partial charge < -0.3 is 9.84 Å². The second kappa shape index (κ2) is 13.3. The first kappa shape index (κ1) is 25.0. The predicted molar refractivity (Wildman–Crippen MR) is 114 cm³/mol. The summed E-state index contributed by atoms with van der Waals surface area (Å²) in [4.78, 5) is 34.3. The molecular weight excluding hydrogens is 368 g/mol. The number of allylic oxidation sites excluding steroid dienone is 5. The third kappa shape index (κ3) is 10.9. The molecule has 1 N–H and O–H groups in total. The molecule has 29 heavy (non-hydrogen) atoms. The van der Waals surface area contributed by atoms with Crippen molar-refractivity contribution in [2.24, 2.45) is 11.8 Å². The van der Waals surface area contributed by atoms with E-state index >= 15 is 0 Å². The third-order valence-electron chi connectivity index (χ3n) is 5.12. The van der Waals surface area contributed by atoms with E-state index in [4.69, 9.17) is 0 Å². The summed E-state index contributed by atoms with van der Waals surface area (Å²) in [5.41, 5.74) is -0.693. The number of unbranched alkanes of at least 4 members (excludes halogenated alkanes) is 2. The van der Waals surface area contributed by atoms with Crippen molar-refractivity contribution in [2.45, 2.75) is 77.7 Å². The number of aliphatic hydroxyl groups is 1. The molecule has 3 atom stereocenters. The Morgan fingerprint density at radius 1 is 1.24 bits per heavy atom. The van der Waals surface area contributed by atoms with Crippen LogP contribution < -0.4 is 0 Å². The second-order valence-electron chi connectivity index (χ2n) is 8.10. The molecule has 0 aromatic rings. The largest absolute Gasteiger partial charge is 0.458 e. The quantitative estimate of drug-likeness (QED) is 0.262. The molecule has 5 nitrogen and oxygen atoms in total. The molecule has 0 saturated carbocycles. The Bertz CT molecular complexity index is 627. The fourth-order valence-corrected chi connectivity index (χ4v) is 3.30. The normalized spacial score (nSPS) is 21.2. The standard InChI is InChI=1S/C24H36O5/c1-4-5-16-24(3,28)17-10-11-20-14-15-23(27)22(20)13-9-7-6-8-12-21(26)18-29-19(2)25/h7,9-11,14-15,20,22,28H,4-6,8,12-13,16-18H2,1-3H3/b9-7-,11-10?/t20-,22+,24?/m0/s1. The van der Waals surface area contributed by atoms with Gasteiger partial charge in [0.25, 0.3) is 0 Å². The fraction of sp³-hybridized carbons (Fsp3) is 0.625. The minimum absolute atomic E-state index is 0.0689. The summed E-state index contributed by atoms with van der Waals surface area (Å²) >= 11 is 0. The number of ketones is 2. The highest BCUT2D eigenvalue weighted by Crippen LogP contribution is 2.28. The van der Waals surface area contributed by atoms with E-state index in [1.54, 1.807) is 6.08 Å². The van der Waals surface area contributed by atoms with Gasteiger partial charge in [-0.2, -0.15) is 0 Å². The zero-order valence-electron chi connectivity index (χ0n) is 18.1. The third-order valence-corrected chi connectivity index (χ3v) is 5.12. The molecule has 0 spiro atoms. The SMILES string of the molecule is CCCCC(C)(O)CC=C[C@H]1C=CC(=O)[C@@H]1C/C=C\CCCC(=O)COC(C)=O. The lowest BCUT2D eigenvalue weighted by atomic mass is 9.89. The van der Waals surface area contributed by atoms with Crippen LogP contribution in [0.4, 0.5) is 0 Å². The number of ether oxygens (including phenoxy) is 1. The van der Waals surface area contributed by atoms with Crippen molar-refractivity contribution in [3.8, 4) is 0 Å². The van der Waals surface area contributed by atoms with E-state index in [9.17, 15) is 19.5 Å². The lowest BCUT2D eigenvalue weighted by molar-refractivity contribution is -0.145. The molecule has 0 fully saturated rings. The van der Waals surface area contributed by atoms with Gasteiger partial charge in [0.15, 0.2) is 11.6 Å². The van der Waals surface area contributed by atoms with Gasteiger partial charge in [-0.1, -0.05) is 50.1 Å². The molecule has 1 aliphatic rings. The first-order valence-corrected chi connectivity index (χ1v) is 10.7. The van der Waals surface area contributed by atoms with Crippen LogP contribution in [0.5, 0.6) is 0 Å². The zero-order valence-corrected chi connectivity index (χ0v) is 18.1. The molecule has 0 amide bonds. The summed E-state index contributed by atoms with van der Waals surface area (Å²) in [6.45, 7) is 5.10. The van der Waals surface area contributed by atoms with Crippen LogP contribution in [0.1, 0.15) is 72.1 Å². The summed E-state index contributed by atoms with van der Waals surface area (Å²) < 4.78 is 4.67. The molecule has 1 unspecified atom stereocenters. The maximum atomic E-state index is 12.1. The highest BCUT2D eigenvalue weighted by Gasteiger charge is 2.27. The minimum atomic E-state index is -0.693. The molecule has 1 rings (SSSR count). The molecule has 0 bridgehead atoms. The van der Waals surface area contributed by atoms with Gasteiger partial charge in [-0.3, -0.25) is 14.4 Å². The van der Waals surface area contributed by atoms with Gasteiger partial charge in [-0.25, -0.2) is 0 Å². The summed E-state index contributed by atoms with van der Waals surface area (Å²) in [5, 5.41) is 10.4.